The molecular weight excluding hydrogens is 325 g/mol. The largest absolute Gasteiger partial charge is 0.573 e. The first-order valence-electron chi connectivity index (χ1n) is 6.91. The number of aryl methyl sites for hydroxylation is 1. The number of benzene rings is 2. The van der Waals surface area contributed by atoms with Crippen LogP contribution in [0.4, 0.5) is 24.5 Å². The number of nitro groups is 1. The van der Waals surface area contributed by atoms with Crippen LogP contribution in [0.2, 0.25) is 0 Å². The third-order valence-electron chi connectivity index (χ3n) is 3.39. The molecule has 0 fully saturated rings. The molecule has 2 aromatic rings. The second kappa shape index (κ2) is 6.38. The summed E-state index contributed by atoms with van der Waals surface area (Å²) in [6, 6.07) is 8.31. The van der Waals surface area contributed by atoms with Crippen LogP contribution in [0.3, 0.4) is 0 Å². The second-order valence-corrected chi connectivity index (χ2v) is 5.38. The first-order chi connectivity index (χ1) is 11.1. The Labute approximate surface area is 136 Å². The summed E-state index contributed by atoms with van der Waals surface area (Å²) >= 11 is 0. The molecule has 0 aliphatic rings. The van der Waals surface area contributed by atoms with Crippen LogP contribution < -0.4 is 9.64 Å². The van der Waals surface area contributed by atoms with Crippen molar-refractivity contribution < 1.29 is 22.8 Å². The summed E-state index contributed by atoms with van der Waals surface area (Å²) in [5, 5.41) is 11.1. The number of nitrogens with zero attached hydrogens (tertiary/aromatic N) is 2. The Hall–Kier alpha value is -2.77. The topological polar surface area (TPSA) is 55.6 Å². The van der Waals surface area contributed by atoms with Gasteiger partial charge in [-0.2, -0.15) is 0 Å². The average Bonchev–Trinajstić information content (AvgIpc) is 2.45. The highest BCUT2D eigenvalue weighted by Gasteiger charge is 2.31. The molecule has 128 valence electrons. The number of alkyl halides is 3. The number of anilines is 1. The minimum Gasteiger partial charge on any atom is -0.406 e. The van der Waals surface area contributed by atoms with E-state index in [9.17, 15) is 23.3 Å². The number of hydrogen-bond acceptors (Lipinski definition) is 4. The minimum atomic E-state index is -4.76. The molecule has 2 rings (SSSR count). The molecule has 0 atom stereocenters. The third kappa shape index (κ3) is 3.95. The van der Waals surface area contributed by atoms with Crippen LogP contribution in [0.1, 0.15) is 5.56 Å². The van der Waals surface area contributed by atoms with Gasteiger partial charge in [0.15, 0.2) is 0 Å². The van der Waals surface area contributed by atoms with Gasteiger partial charge in [0.1, 0.15) is 5.75 Å². The van der Waals surface area contributed by atoms with Crippen molar-refractivity contribution in [3.05, 3.63) is 52.1 Å². The quantitative estimate of drug-likeness (QED) is 0.606. The summed E-state index contributed by atoms with van der Waals surface area (Å²) in [6.07, 6.45) is -4.76. The van der Waals surface area contributed by atoms with Gasteiger partial charge in [0.25, 0.3) is 5.69 Å². The van der Waals surface area contributed by atoms with Crippen molar-refractivity contribution in [2.45, 2.75) is 13.3 Å². The first kappa shape index (κ1) is 17.6. The molecule has 0 amide bonds. The van der Waals surface area contributed by atoms with E-state index < -0.39 is 11.3 Å². The van der Waals surface area contributed by atoms with Crippen molar-refractivity contribution in [1.82, 2.24) is 0 Å². The van der Waals surface area contributed by atoms with Crippen LogP contribution in [0, 0.1) is 17.0 Å². The van der Waals surface area contributed by atoms with Crippen molar-refractivity contribution in [3.63, 3.8) is 0 Å². The molecule has 0 saturated heterocycles. The lowest BCUT2D eigenvalue weighted by Gasteiger charge is -2.19. The maximum absolute atomic E-state index is 12.2. The number of hydrogen-bond donors (Lipinski definition) is 0. The molecule has 0 aromatic heterocycles. The Morgan fingerprint density at radius 1 is 1.12 bits per heavy atom. The maximum Gasteiger partial charge on any atom is 0.573 e. The van der Waals surface area contributed by atoms with Crippen molar-refractivity contribution in [2.24, 2.45) is 0 Å². The molecule has 0 spiro atoms. The van der Waals surface area contributed by atoms with Gasteiger partial charge in [0, 0.05) is 37.0 Å². The lowest BCUT2D eigenvalue weighted by Crippen LogP contribution is -2.17. The van der Waals surface area contributed by atoms with Crippen LogP contribution in [-0.4, -0.2) is 25.4 Å². The van der Waals surface area contributed by atoms with Gasteiger partial charge in [-0.3, -0.25) is 10.1 Å². The highest BCUT2D eigenvalue weighted by Crippen LogP contribution is 2.36. The average molecular weight is 340 g/mol. The summed E-state index contributed by atoms with van der Waals surface area (Å²) in [4.78, 5) is 12.4. The molecule has 0 saturated carbocycles. The number of rotatable bonds is 4. The fourth-order valence-corrected chi connectivity index (χ4v) is 2.32. The van der Waals surface area contributed by atoms with Crippen LogP contribution in [-0.2, 0) is 0 Å². The van der Waals surface area contributed by atoms with E-state index in [1.54, 1.807) is 32.0 Å². The van der Waals surface area contributed by atoms with E-state index in [-0.39, 0.29) is 11.4 Å². The zero-order valence-corrected chi connectivity index (χ0v) is 13.2. The zero-order valence-electron chi connectivity index (χ0n) is 13.2. The van der Waals surface area contributed by atoms with Crippen LogP contribution in [0.15, 0.2) is 36.4 Å². The molecule has 0 radical (unpaired) electrons. The van der Waals surface area contributed by atoms with Gasteiger partial charge in [0.2, 0.25) is 0 Å². The number of ether oxygens (including phenoxy) is 1. The SMILES string of the molecule is Cc1cc(N(C)C)c(-c2ccc(OC(F)(F)F)cc2)cc1[N+](=O)[O-]. The van der Waals surface area contributed by atoms with Crippen LogP contribution in [0.25, 0.3) is 11.1 Å². The molecule has 0 aliphatic heterocycles. The van der Waals surface area contributed by atoms with Gasteiger partial charge in [-0.1, -0.05) is 12.1 Å². The van der Waals surface area contributed by atoms with E-state index in [1.165, 1.54) is 30.3 Å². The smallest absolute Gasteiger partial charge is 0.406 e. The zero-order chi connectivity index (χ0) is 18.1. The standard InChI is InChI=1S/C16H15F3N2O3/c1-10-8-15(20(2)3)13(9-14(10)21(22)23)11-4-6-12(7-5-11)24-16(17,18)19/h4-9H,1-3H3. The van der Waals surface area contributed by atoms with Gasteiger partial charge in [0.05, 0.1) is 4.92 Å². The molecule has 2 aromatic carbocycles. The molecule has 0 N–H and O–H groups in total. The van der Waals surface area contributed by atoms with Gasteiger partial charge in [-0.15, -0.1) is 13.2 Å². The Balaban J connectivity index is 2.50. The molecule has 24 heavy (non-hydrogen) atoms. The van der Waals surface area contributed by atoms with E-state index in [2.05, 4.69) is 4.74 Å². The third-order valence-corrected chi connectivity index (χ3v) is 3.39. The molecule has 0 aliphatic carbocycles. The van der Waals surface area contributed by atoms with Crippen molar-refractivity contribution in [3.8, 4) is 16.9 Å². The van der Waals surface area contributed by atoms with Gasteiger partial charge in [-0.05, 0) is 30.7 Å². The van der Waals surface area contributed by atoms with E-state index in [1.807, 2.05) is 0 Å². The molecule has 0 heterocycles. The van der Waals surface area contributed by atoms with E-state index >= 15 is 0 Å². The second-order valence-electron chi connectivity index (χ2n) is 5.38. The molecule has 5 nitrogen and oxygen atoms in total. The molecule has 0 bridgehead atoms. The maximum atomic E-state index is 12.2. The molecule has 8 heteroatoms. The highest BCUT2D eigenvalue weighted by atomic mass is 19.4. The Morgan fingerprint density at radius 2 is 1.71 bits per heavy atom. The lowest BCUT2D eigenvalue weighted by atomic mass is 9.99. The van der Waals surface area contributed by atoms with Crippen LogP contribution in [0.5, 0.6) is 5.75 Å². The van der Waals surface area contributed by atoms with Crippen LogP contribution >= 0.6 is 0 Å². The summed E-state index contributed by atoms with van der Waals surface area (Å²) in [5.41, 5.74) is 2.28. The van der Waals surface area contributed by atoms with Gasteiger partial charge >= 0.3 is 6.36 Å². The summed E-state index contributed by atoms with van der Waals surface area (Å²) in [7, 11) is 3.57. The normalized spacial score (nSPS) is 11.2. The number of halogens is 3. The summed E-state index contributed by atoms with van der Waals surface area (Å²) in [6.45, 7) is 1.63. The first-order valence-corrected chi connectivity index (χ1v) is 6.91. The Morgan fingerprint density at radius 3 is 2.17 bits per heavy atom. The van der Waals surface area contributed by atoms with Crippen molar-refractivity contribution in [2.75, 3.05) is 19.0 Å². The Bertz CT molecular complexity index is 756. The predicted molar refractivity (Wildman–Crippen MR) is 84.3 cm³/mol. The fraction of sp³-hybridized carbons (Fsp3) is 0.250. The summed E-state index contributed by atoms with van der Waals surface area (Å²) in [5.74, 6) is -0.348. The molecule has 0 unspecified atom stereocenters. The Kier molecular flexibility index (Phi) is 4.68. The van der Waals surface area contributed by atoms with E-state index in [0.29, 0.717) is 16.7 Å². The van der Waals surface area contributed by atoms with Gasteiger partial charge < -0.3 is 9.64 Å². The predicted octanol–water partition coefficient (Wildman–Crippen LogP) is 4.53. The number of nitro benzene ring substituents is 1. The minimum absolute atomic E-state index is 0.0498. The fourth-order valence-electron chi connectivity index (χ4n) is 2.32. The lowest BCUT2D eigenvalue weighted by molar-refractivity contribution is -0.385. The summed E-state index contributed by atoms with van der Waals surface area (Å²) < 4.78 is 40.5. The van der Waals surface area contributed by atoms with Crippen molar-refractivity contribution in [1.29, 1.82) is 0 Å². The monoisotopic (exact) mass is 340 g/mol. The van der Waals surface area contributed by atoms with Crippen molar-refractivity contribution >= 4 is 11.4 Å². The van der Waals surface area contributed by atoms with E-state index in [0.717, 1.165) is 5.69 Å². The highest BCUT2D eigenvalue weighted by molar-refractivity contribution is 5.81. The molecular formula is C16H15F3N2O3. The van der Waals surface area contributed by atoms with Gasteiger partial charge in [-0.25, -0.2) is 0 Å². The van der Waals surface area contributed by atoms with E-state index in [4.69, 9.17) is 0 Å².